The van der Waals surface area contributed by atoms with Gasteiger partial charge in [-0.25, -0.2) is 0 Å². The molecule has 0 radical (unpaired) electrons. The molecule has 1 rings (SSSR count). The van der Waals surface area contributed by atoms with Gasteiger partial charge in [-0.15, -0.1) is 0 Å². The summed E-state index contributed by atoms with van der Waals surface area (Å²) in [5, 5.41) is 9.19. The van der Waals surface area contributed by atoms with Crippen LogP contribution in [0.4, 0.5) is 0 Å². The fraction of sp³-hybridized carbons (Fsp3) is 0.917. The van der Waals surface area contributed by atoms with E-state index in [9.17, 15) is 5.26 Å². The summed E-state index contributed by atoms with van der Waals surface area (Å²) in [6.07, 6.45) is 3.37. The van der Waals surface area contributed by atoms with E-state index in [0.29, 0.717) is 12.0 Å². The number of hydrogen-bond donors (Lipinski definition) is 1. The van der Waals surface area contributed by atoms with E-state index in [1.807, 2.05) is 0 Å². The summed E-state index contributed by atoms with van der Waals surface area (Å²) in [4.78, 5) is 2.32. The molecule has 1 saturated carbocycles. The van der Waals surface area contributed by atoms with Crippen molar-refractivity contribution in [3.63, 3.8) is 0 Å². The summed E-state index contributed by atoms with van der Waals surface area (Å²) in [5.41, 5.74) is 5.56. The van der Waals surface area contributed by atoms with Crippen LogP contribution in [-0.4, -0.2) is 29.6 Å². The SMILES string of the molecule is CCC(C)N(CC)CC(N)(C#N)C1CC1. The Balaban J connectivity index is 2.60. The van der Waals surface area contributed by atoms with Gasteiger partial charge in [0.15, 0.2) is 0 Å². The third kappa shape index (κ3) is 2.93. The van der Waals surface area contributed by atoms with Crippen LogP contribution in [0.5, 0.6) is 0 Å². The first-order valence-corrected chi connectivity index (χ1v) is 6.01. The Labute approximate surface area is 93.2 Å². The van der Waals surface area contributed by atoms with Crippen LogP contribution in [0.3, 0.4) is 0 Å². The first-order chi connectivity index (χ1) is 7.07. The first-order valence-electron chi connectivity index (χ1n) is 6.01. The smallest absolute Gasteiger partial charge is 0.119 e. The van der Waals surface area contributed by atoms with Crippen LogP contribution in [0.2, 0.25) is 0 Å². The summed E-state index contributed by atoms with van der Waals surface area (Å²) in [6.45, 7) is 8.21. The maximum absolute atomic E-state index is 9.19. The number of likely N-dealkylation sites (N-methyl/N-ethyl adjacent to an activating group) is 1. The van der Waals surface area contributed by atoms with Crippen LogP contribution in [0.1, 0.15) is 40.0 Å². The molecule has 0 aliphatic heterocycles. The van der Waals surface area contributed by atoms with Gasteiger partial charge in [0.05, 0.1) is 6.07 Å². The minimum Gasteiger partial charge on any atom is -0.312 e. The van der Waals surface area contributed by atoms with E-state index >= 15 is 0 Å². The van der Waals surface area contributed by atoms with Gasteiger partial charge in [-0.05, 0) is 38.6 Å². The van der Waals surface area contributed by atoms with Crippen molar-refractivity contribution in [2.24, 2.45) is 11.7 Å². The Kier molecular flexibility index (Phi) is 4.12. The van der Waals surface area contributed by atoms with E-state index in [1.54, 1.807) is 0 Å². The standard InChI is InChI=1S/C12H23N3/c1-4-10(3)15(5-2)9-12(14,8-13)11-6-7-11/h10-11H,4-7,9,14H2,1-3H3. The highest BCUT2D eigenvalue weighted by molar-refractivity contribution is 5.14. The predicted octanol–water partition coefficient (Wildman–Crippen LogP) is 1.74. The minimum atomic E-state index is -0.612. The zero-order chi connectivity index (χ0) is 11.5. The molecule has 1 aliphatic carbocycles. The molecule has 0 aromatic rings. The molecule has 1 aliphatic rings. The average molecular weight is 209 g/mol. The molecule has 0 amide bonds. The number of hydrogen-bond acceptors (Lipinski definition) is 3. The lowest BCUT2D eigenvalue weighted by molar-refractivity contribution is 0.175. The van der Waals surface area contributed by atoms with Gasteiger partial charge in [0.2, 0.25) is 0 Å². The van der Waals surface area contributed by atoms with Gasteiger partial charge in [0.1, 0.15) is 5.54 Å². The number of rotatable bonds is 6. The van der Waals surface area contributed by atoms with E-state index in [1.165, 1.54) is 0 Å². The molecular weight excluding hydrogens is 186 g/mol. The molecule has 0 spiro atoms. The summed E-state index contributed by atoms with van der Waals surface area (Å²) >= 11 is 0. The third-order valence-corrected chi connectivity index (χ3v) is 3.60. The zero-order valence-electron chi connectivity index (χ0n) is 10.2. The zero-order valence-corrected chi connectivity index (χ0v) is 10.2. The molecule has 0 heterocycles. The fourth-order valence-corrected chi connectivity index (χ4v) is 2.03. The van der Waals surface area contributed by atoms with Gasteiger partial charge >= 0.3 is 0 Å². The van der Waals surface area contributed by atoms with Crippen molar-refractivity contribution >= 4 is 0 Å². The van der Waals surface area contributed by atoms with Crippen molar-refractivity contribution in [1.29, 1.82) is 5.26 Å². The second kappa shape index (κ2) is 4.96. The summed E-state index contributed by atoms with van der Waals surface area (Å²) in [6, 6.07) is 2.84. The maximum atomic E-state index is 9.19. The summed E-state index contributed by atoms with van der Waals surface area (Å²) in [5.74, 6) is 0.431. The molecule has 1 fully saturated rings. The van der Waals surface area contributed by atoms with Crippen molar-refractivity contribution < 1.29 is 0 Å². The van der Waals surface area contributed by atoms with E-state index in [4.69, 9.17) is 5.73 Å². The normalized spacial score (nSPS) is 22.1. The predicted molar refractivity (Wildman–Crippen MR) is 62.3 cm³/mol. The Morgan fingerprint density at radius 2 is 2.13 bits per heavy atom. The number of nitriles is 1. The van der Waals surface area contributed by atoms with E-state index in [2.05, 4.69) is 31.7 Å². The lowest BCUT2D eigenvalue weighted by Gasteiger charge is -2.33. The van der Waals surface area contributed by atoms with Gasteiger partial charge in [-0.2, -0.15) is 5.26 Å². The number of nitrogens with two attached hydrogens (primary N) is 1. The van der Waals surface area contributed by atoms with Crippen molar-refractivity contribution in [2.45, 2.75) is 51.6 Å². The second-order valence-corrected chi connectivity index (χ2v) is 4.75. The van der Waals surface area contributed by atoms with E-state index < -0.39 is 5.54 Å². The van der Waals surface area contributed by atoms with E-state index in [-0.39, 0.29) is 0 Å². The number of nitrogens with zero attached hydrogens (tertiary/aromatic N) is 2. The monoisotopic (exact) mass is 209 g/mol. The van der Waals surface area contributed by atoms with Gasteiger partial charge in [0, 0.05) is 12.6 Å². The fourth-order valence-electron chi connectivity index (χ4n) is 2.03. The highest BCUT2D eigenvalue weighted by atomic mass is 15.2. The van der Waals surface area contributed by atoms with Gasteiger partial charge in [-0.3, -0.25) is 4.90 Å². The van der Waals surface area contributed by atoms with Crippen molar-refractivity contribution in [1.82, 2.24) is 4.90 Å². The Hall–Kier alpha value is -0.590. The molecule has 3 nitrogen and oxygen atoms in total. The van der Waals surface area contributed by atoms with Crippen LogP contribution < -0.4 is 5.73 Å². The Morgan fingerprint density at radius 3 is 2.47 bits per heavy atom. The van der Waals surface area contributed by atoms with Crippen LogP contribution in [0, 0.1) is 17.2 Å². The molecule has 0 aromatic heterocycles. The molecule has 0 aromatic carbocycles. The van der Waals surface area contributed by atoms with Crippen LogP contribution in [0.15, 0.2) is 0 Å². The molecule has 15 heavy (non-hydrogen) atoms. The lowest BCUT2D eigenvalue weighted by Crippen LogP contribution is -2.53. The molecule has 0 saturated heterocycles. The average Bonchev–Trinajstić information content (AvgIpc) is 3.08. The molecule has 0 bridgehead atoms. The molecule has 3 heteroatoms. The lowest BCUT2D eigenvalue weighted by atomic mass is 9.95. The molecular formula is C12H23N3. The van der Waals surface area contributed by atoms with Crippen molar-refractivity contribution in [3.8, 4) is 6.07 Å². The summed E-state index contributed by atoms with van der Waals surface area (Å²) < 4.78 is 0. The molecule has 2 unspecified atom stereocenters. The van der Waals surface area contributed by atoms with Crippen LogP contribution in [0.25, 0.3) is 0 Å². The largest absolute Gasteiger partial charge is 0.312 e. The Morgan fingerprint density at radius 1 is 1.53 bits per heavy atom. The molecule has 86 valence electrons. The molecule has 2 N–H and O–H groups in total. The van der Waals surface area contributed by atoms with Crippen LogP contribution >= 0.6 is 0 Å². The van der Waals surface area contributed by atoms with Gasteiger partial charge in [0.25, 0.3) is 0 Å². The van der Waals surface area contributed by atoms with Crippen LogP contribution in [-0.2, 0) is 0 Å². The van der Waals surface area contributed by atoms with Crippen molar-refractivity contribution in [2.75, 3.05) is 13.1 Å². The van der Waals surface area contributed by atoms with E-state index in [0.717, 1.165) is 32.4 Å². The third-order valence-electron chi connectivity index (χ3n) is 3.60. The quantitative estimate of drug-likeness (QED) is 0.725. The maximum Gasteiger partial charge on any atom is 0.119 e. The second-order valence-electron chi connectivity index (χ2n) is 4.75. The molecule has 2 atom stereocenters. The first kappa shape index (κ1) is 12.5. The highest BCUT2D eigenvalue weighted by Crippen LogP contribution is 2.38. The Bertz CT molecular complexity index is 242. The minimum absolute atomic E-state index is 0.431. The summed E-state index contributed by atoms with van der Waals surface area (Å²) in [7, 11) is 0. The van der Waals surface area contributed by atoms with Gasteiger partial charge in [-0.1, -0.05) is 13.8 Å². The van der Waals surface area contributed by atoms with Gasteiger partial charge < -0.3 is 5.73 Å². The van der Waals surface area contributed by atoms with Crippen molar-refractivity contribution in [3.05, 3.63) is 0 Å². The topological polar surface area (TPSA) is 53.0 Å². The highest BCUT2D eigenvalue weighted by Gasteiger charge is 2.43.